The molecule has 5 aromatic heterocycles. The summed E-state index contributed by atoms with van der Waals surface area (Å²) in [5, 5.41) is 0.239. The second kappa shape index (κ2) is 11.0. The number of ether oxygens (including phenoxy) is 1. The fourth-order valence-electron chi connectivity index (χ4n) is 6.07. The zero-order valence-corrected chi connectivity index (χ0v) is 26.8. The van der Waals surface area contributed by atoms with Crippen LogP contribution >= 0.6 is 49.7 Å². The van der Waals surface area contributed by atoms with Gasteiger partial charge < -0.3 is 18.4 Å². The highest BCUT2D eigenvalue weighted by atomic mass is 35.5. The molecule has 0 spiro atoms. The molecule has 232 valence electrons. The van der Waals surface area contributed by atoms with Crippen LogP contribution in [0.15, 0.2) is 37.7 Å². The lowest BCUT2D eigenvalue weighted by molar-refractivity contribution is -0.0365. The largest absolute Gasteiger partial charge is 0.386 e. The molecule has 0 bridgehead atoms. The number of aromatic nitrogens is 9. The van der Waals surface area contributed by atoms with Gasteiger partial charge in [-0.2, -0.15) is 0 Å². The van der Waals surface area contributed by atoms with Gasteiger partial charge in [0.2, 0.25) is 0 Å². The zero-order chi connectivity index (χ0) is 30.2. The van der Waals surface area contributed by atoms with E-state index in [1.165, 1.54) is 6.33 Å². The molecule has 1 aliphatic carbocycles. The average molecular weight is 700 g/mol. The van der Waals surface area contributed by atoms with Gasteiger partial charge in [-0.3, -0.25) is 18.0 Å². The number of rotatable bonds is 2. The monoisotopic (exact) mass is 699 g/mol. The van der Waals surface area contributed by atoms with E-state index in [1.54, 1.807) is 40.3 Å². The van der Waals surface area contributed by atoms with Crippen molar-refractivity contribution in [2.24, 2.45) is 11.8 Å². The van der Waals surface area contributed by atoms with Gasteiger partial charge in [0.05, 0.1) is 32.5 Å². The van der Waals surface area contributed by atoms with Gasteiger partial charge in [0.15, 0.2) is 27.6 Å². The van der Waals surface area contributed by atoms with E-state index in [0.717, 1.165) is 0 Å². The highest BCUT2D eigenvalue weighted by Crippen LogP contribution is 2.60. The van der Waals surface area contributed by atoms with Crippen LogP contribution < -0.4 is 0 Å². The van der Waals surface area contributed by atoms with E-state index in [9.17, 15) is 9.13 Å². The Kier molecular flexibility index (Phi) is 7.33. The van der Waals surface area contributed by atoms with Crippen LogP contribution in [0, 0.1) is 11.8 Å². The summed E-state index contributed by atoms with van der Waals surface area (Å²) in [5.41, 5.74) is 2.80. The third-order valence-electron chi connectivity index (χ3n) is 8.31. The van der Waals surface area contributed by atoms with Crippen molar-refractivity contribution in [2.75, 3.05) is 19.8 Å². The Morgan fingerprint density at radius 3 is 2.45 bits per heavy atom. The fourth-order valence-corrected chi connectivity index (χ4v) is 8.98. The first-order chi connectivity index (χ1) is 21.2. The molecule has 16 nitrogen and oxygen atoms in total. The van der Waals surface area contributed by atoms with E-state index in [1.807, 2.05) is 4.57 Å². The molecule has 3 aliphatic rings. The van der Waals surface area contributed by atoms with E-state index in [4.69, 9.17) is 34.4 Å². The molecule has 8 rings (SSSR count). The minimum atomic E-state index is -3.87. The second-order valence-electron chi connectivity index (χ2n) is 10.8. The minimum Gasteiger partial charge on any atom is -0.349 e. The van der Waals surface area contributed by atoms with Gasteiger partial charge in [-0.1, -0.05) is 36.1 Å². The predicted octanol–water partition coefficient (Wildman–Crippen LogP) is 4.56. The van der Waals surface area contributed by atoms with Crippen LogP contribution in [0.5, 0.6) is 0 Å². The number of halogens is 1. The lowest BCUT2D eigenvalue weighted by atomic mass is 9.70. The van der Waals surface area contributed by atoms with Crippen LogP contribution in [0.25, 0.3) is 28.0 Å². The first-order valence-corrected chi connectivity index (χ1v) is 19.3. The van der Waals surface area contributed by atoms with Crippen molar-refractivity contribution >= 4 is 77.7 Å². The van der Waals surface area contributed by atoms with Crippen molar-refractivity contribution in [3.8, 4) is 0 Å². The van der Waals surface area contributed by atoms with Gasteiger partial charge >= 0.3 is 13.6 Å². The maximum atomic E-state index is 13.5. The molecule has 3 unspecified atom stereocenters. The molecule has 21 heteroatoms. The predicted molar refractivity (Wildman–Crippen MR) is 162 cm³/mol. The van der Waals surface area contributed by atoms with E-state index in [0.29, 0.717) is 34.4 Å². The SMILES string of the molecule is O=P1(S)OC[C@@H]2[C@@H](COP(=O)(S)O[C@H]3CC(n4cnc5c4ncn4ccnc54)O[C@@H]3CO1)C[C@H]2n1cnc2c(Cl)ncnc21. The first kappa shape index (κ1) is 29.3. The van der Waals surface area contributed by atoms with Crippen molar-refractivity contribution in [1.82, 2.24) is 43.4 Å². The topological polar surface area (TPSA) is 172 Å². The van der Waals surface area contributed by atoms with Gasteiger partial charge in [-0.25, -0.2) is 39.0 Å². The quantitative estimate of drug-likeness (QED) is 0.149. The minimum absolute atomic E-state index is 0.0161. The molecule has 0 aromatic carbocycles. The lowest BCUT2D eigenvalue weighted by Gasteiger charge is -2.45. The normalized spacial score (nSPS) is 35.1. The summed E-state index contributed by atoms with van der Waals surface area (Å²) >= 11 is 14.7. The molecule has 1 saturated carbocycles. The highest BCUT2D eigenvalue weighted by molar-refractivity contribution is 8.44. The summed E-state index contributed by atoms with van der Waals surface area (Å²) in [6, 6.07) is -0.149. The van der Waals surface area contributed by atoms with Crippen LogP contribution in [0.1, 0.15) is 25.1 Å². The molecule has 2 saturated heterocycles. The third-order valence-corrected chi connectivity index (χ3v) is 11.9. The third kappa shape index (κ3) is 5.18. The number of imidazole rings is 3. The molecule has 0 radical (unpaired) electrons. The van der Waals surface area contributed by atoms with Gasteiger partial charge in [0.25, 0.3) is 0 Å². The molecule has 2 aliphatic heterocycles. The molecule has 3 fully saturated rings. The molecular weight excluding hydrogens is 676 g/mol. The Morgan fingerprint density at radius 1 is 0.795 bits per heavy atom. The van der Waals surface area contributed by atoms with Crippen LogP contribution in [0.3, 0.4) is 0 Å². The standard InChI is InChI=1S/C23H24ClN9O7P2S2/c24-20-18-22(27-8-26-20)32(10-28-18)14-3-12-5-36-42(35,44)40-15-4-17(39-16(15)7-38-41(34,43)37-6-13(12)14)33-11-29-19-21-25-1-2-31(21)9-30-23(19)33/h1-2,8-17H,3-7H2,(H,34,43)(H,35,44)/t12-,13-,14-,15+,16-,17?,41?,42?/m1/s1. The Bertz CT molecular complexity index is 1990. The van der Waals surface area contributed by atoms with Gasteiger partial charge in [-0.15, -0.1) is 0 Å². The number of thiol groups is 2. The maximum absolute atomic E-state index is 13.5. The number of nitrogens with zero attached hydrogens (tertiary/aromatic N) is 9. The van der Waals surface area contributed by atoms with Gasteiger partial charge in [0.1, 0.15) is 36.6 Å². The van der Waals surface area contributed by atoms with E-state index in [2.05, 4.69) is 54.4 Å². The summed E-state index contributed by atoms with van der Waals surface area (Å²) in [6.07, 6.45) is 8.26. The fraction of sp³-hybridized carbons (Fsp3) is 0.478. The molecule has 0 N–H and O–H groups in total. The highest BCUT2D eigenvalue weighted by Gasteiger charge is 2.47. The Labute approximate surface area is 264 Å². The Balaban J connectivity index is 1.03. The van der Waals surface area contributed by atoms with Crippen LogP contribution in [-0.4, -0.2) is 75.5 Å². The molecular formula is C23H24ClN9O7P2S2. The summed E-state index contributed by atoms with van der Waals surface area (Å²) in [4.78, 5) is 26.0. The van der Waals surface area contributed by atoms with E-state index >= 15 is 0 Å². The summed E-state index contributed by atoms with van der Waals surface area (Å²) in [5.74, 6) is -0.373. The van der Waals surface area contributed by atoms with Crippen LogP contribution in [0.2, 0.25) is 5.15 Å². The smallest absolute Gasteiger partial charge is 0.349 e. The average Bonchev–Trinajstić information content (AvgIpc) is 3.76. The van der Waals surface area contributed by atoms with E-state index in [-0.39, 0.29) is 49.3 Å². The maximum Gasteiger partial charge on any atom is 0.386 e. The second-order valence-corrected chi connectivity index (χ2v) is 16.9. The van der Waals surface area contributed by atoms with Gasteiger partial charge in [-0.05, 0) is 12.3 Å². The molecule has 44 heavy (non-hydrogen) atoms. The van der Waals surface area contributed by atoms with Crippen molar-refractivity contribution in [2.45, 2.75) is 37.3 Å². The molecule has 0 amide bonds. The first-order valence-electron chi connectivity index (χ1n) is 13.6. The van der Waals surface area contributed by atoms with Crippen LogP contribution in [-0.2, 0) is 32.0 Å². The zero-order valence-electron chi connectivity index (χ0n) is 22.5. The number of hydrogen-bond donors (Lipinski definition) is 2. The molecule has 5 aromatic rings. The molecule has 8 atom stereocenters. The Hall–Kier alpha value is -2.11. The number of fused-ring (bicyclic) bond motifs is 6. The van der Waals surface area contributed by atoms with Crippen molar-refractivity contribution in [3.63, 3.8) is 0 Å². The van der Waals surface area contributed by atoms with Gasteiger partial charge in [0, 0.05) is 30.8 Å². The van der Waals surface area contributed by atoms with Crippen molar-refractivity contribution < 1.29 is 32.0 Å². The number of hydrogen-bond acceptors (Lipinski definition) is 13. The van der Waals surface area contributed by atoms with Crippen molar-refractivity contribution in [1.29, 1.82) is 0 Å². The molecule has 7 heterocycles. The Morgan fingerprint density at radius 2 is 1.57 bits per heavy atom. The van der Waals surface area contributed by atoms with Crippen molar-refractivity contribution in [3.05, 3.63) is 42.9 Å². The lowest BCUT2D eigenvalue weighted by Crippen LogP contribution is -2.43. The summed E-state index contributed by atoms with van der Waals surface area (Å²) in [6.45, 7) is -7.86. The summed E-state index contributed by atoms with van der Waals surface area (Å²) in [7, 11) is 0. The summed E-state index contributed by atoms with van der Waals surface area (Å²) < 4.78 is 61.6. The van der Waals surface area contributed by atoms with E-state index < -0.39 is 32.0 Å². The van der Waals surface area contributed by atoms with Crippen LogP contribution in [0.4, 0.5) is 0 Å².